The smallest absolute Gasteiger partial charge is 0.227 e. The van der Waals surface area contributed by atoms with E-state index >= 15 is 0 Å². The highest BCUT2D eigenvalue weighted by Crippen LogP contribution is 2.27. The Bertz CT molecular complexity index is 613. The van der Waals surface area contributed by atoms with Crippen LogP contribution in [0.15, 0.2) is 42.5 Å². The zero-order valence-corrected chi connectivity index (χ0v) is 13.9. The second kappa shape index (κ2) is 7.10. The highest BCUT2D eigenvalue weighted by molar-refractivity contribution is 7.11. The van der Waals surface area contributed by atoms with Crippen molar-refractivity contribution in [2.24, 2.45) is 0 Å². The van der Waals surface area contributed by atoms with Gasteiger partial charge in [0.1, 0.15) is 0 Å². The maximum atomic E-state index is 12.8. The minimum absolute atomic E-state index is 0.268. The van der Waals surface area contributed by atoms with E-state index in [1.54, 1.807) is 11.3 Å². The molecule has 1 aromatic carbocycles. The van der Waals surface area contributed by atoms with Gasteiger partial charge in [0.2, 0.25) is 5.91 Å². The third kappa shape index (κ3) is 3.77. The molecule has 1 aromatic heterocycles. The summed E-state index contributed by atoms with van der Waals surface area (Å²) in [6, 6.07) is 14.8. The van der Waals surface area contributed by atoms with Crippen LogP contribution in [0.1, 0.15) is 41.0 Å². The van der Waals surface area contributed by atoms with Gasteiger partial charge in [-0.3, -0.25) is 4.79 Å². The number of benzene rings is 1. The van der Waals surface area contributed by atoms with Crippen molar-refractivity contribution in [2.45, 2.75) is 51.6 Å². The number of hydrogen-bond acceptors (Lipinski definition) is 2. The first kappa shape index (κ1) is 15.3. The molecule has 0 atom stereocenters. The molecule has 0 spiro atoms. The van der Waals surface area contributed by atoms with Crippen molar-refractivity contribution >= 4 is 17.2 Å². The summed E-state index contributed by atoms with van der Waals surface area (Å²) in [6.07, 6.45) is 5.34. The predicted molar refractivity (Wildman–Crippen MR) is 92.0 cm³/mol. The summed E-state index contributed by atoms with van der Waals surface area (Å²) < 4.78 is 0. The minimum atomic E-state index is 0.268. The number of aryl methyl sites for hydroxylation is 1. The summed E-state index contributed by atoms with van der Waals surface area (Å²) >= 11 is 1.80. The van der Waals surface area contributed by atoms with Crippen LogP contribution >= 0.6 is 11.3 Å². The molecule has 1 aliphatic rings. The van der Waals surface area contributed by atoms with Gasteiger partial charge in [0.25, 0.3) is 0 Å². The molecule has 0 N–H and O–H groups in total. The van der Waals surface area contributed by atoms with Gasteiger partial charge in [-0.15, -0.1) is 11.3 Å². The maximum Gasteiger partial charge on any atom is 0.227 e. The summed E-state index contributed by atoms with van der Waals surface area (Å²) in [5.74, 6) is 0.268. The van der Waals surface area contributed by atoms with E-state index in [4.69, 9.17) is 0 Å². The van der Waals surface area contributed by atoms with E-state index in [0.717, 1.165) is 24.9 Å². The Hall–Kier alpha value is -1.61. The van der Waals surface area contributed by atoms with Gasteiger partial charge in [0.05, 0.1) is 13.0 Å². The minimum Gasteiger partial charge on any atom is -0.334 e. The average molecular weight is 313 g/mol. The number of amides is 1. The van der Waals surface area contributed by atoms with Crippen molar-refractivity contribution in [3.8, 4) is 0 Å². The third-order valence-electron chi connectivity index (χ3n) is 4.41. The summed E-state index contributed by atoms with van der Waals surface area (Å²) in [7, 11) is 0. The highest BCUT2D eigenvalue weighted by Gasteiger charge is 2.27. The zero-order valence-electron chi connectivity index (χ0n) is 13.1. The second-order valence-corrected chi connectivity index (χ2v) is 7.51. The lowest BCUT2D eigenvalue weighted by molar-refractivity contribution is -0.133. The number of carbonyl (C=O) groups is 1. The lowest BCUT2D eigenvalue weighted by atomic mass is 10.1. The molecule has 1 saturated carbocycles. The molecule has 2 aromatic rings. The van der Waals surface area contributed by atoms with Crippen molar-refractivity contribution in [2.75, 3.05) is 0 Å². The fraction of sp³-hybridized carbons (Fsp3) is 0.421. The van der Waals surface area contributed by atoms with E-state index in [9.17, 15) is 4.79 Å². The maximum absolute atomic E-state index is 12.8. The molecule has 22 heavy (non-hydrogen) atoms. The molecule has 1 aliphatic carbocycles. The fourth-order valence-corrected chi connectivity index (χ4v) is 4.14. The molecule has 1 amide bonds. The van der Waals surface area contributed by atoms with Crippen LogP contribution in [0.2, 0.25) is 0 Å². The zero-order chi connectivity index (χ0) is 15.4. The Kier molecular flexibility index (Phi) is 4.94. The molecule has 0 radical (unpaired) electrons. The lowest BCUT2D eigenvalue weighted by Crippen LogP contribution is -2.39. The van der Waals surface area contributed by atoms with Gasteiger partial charge >= 0.3 is 0 Å². The number of nitrogens with zero attached hydrogens (tertiary/aromatic N) is 1. The first-order valence-corrected chi connectivity index (χ1v) is 8.93. The highest BCUT2D eigenvalue weighted by atomic mass is 32.1. The van der Waals surface area contributed by atoms with E-state index in [2.05, 4.69) is 24.0 Å². The van der Waals surface area contributed by atoms with Gasteiger partial charge in [0.15, 0.2) is 0 Å². The third-order valence-corrected chi connectivity index (χ3v) is 5.39. The first-order chi connectivity index (χ1) is 10.7. The van der Waals surface area contributed by atoms with Crippen molar-refractivity contribution < 1.29 is 4.79 Å². The van der Waals surface area contributed by atoms with Crippen molar-refractivity contribution in [1.82, 2.24) is 4.90 Å². The molecular formula is C19H23NOS. The Morgan fingerprint density at radius 2 is 1.86 bits per heavy atom. The topological polar surface area (TPSA) is 20.3 Å². The summed E-state index contributed by atoms with van der Waals surface area (Å²) in [5.41, 5.74) is 1.11. The van der Waals surface area contributed by atoms with E-state index in [-0.39, 0.29) is 5.91 Å². The van der Waals surface area contributed by atoms with Crippen LogP contribution in [0.4, 0.5) is 0 Å². The molecule has 1 heterocycles. The molecule has 1 fully saturated rings. The van der Waals surface area contributed by atoms with Crippen LogP contribution in [0.5, 0.6) is 0 Å². The number of carbonyl (C=O) groups excluding carboxylic acids is 1. The Morgan fingerprint density at radius 3 is 2.50 bits per heavy atom. The van der Waals surface area contributed by atoms with E-state index in [1.165, 1.54) is 22.6 Å². The van der Waals surface area contributed by atoms with E-state index < -0.39 is 0 Å². The monoisotopic (exact) mass is 313 g/mol. The Labute approximate surface area is 136 Å². The van der Waals surface area contributed by atoms with Crippen LogP contribution < -0.4 is 0 Å². The molecule has 0 unspecified atom stereocenters. The molecule has 3 rings (SSSR count). The summed E-state index contributed by atoms with van der Waals surface area (Å²) in [6.45, 7) is 2.90. The van der Waals surface area contributed by atoms with E-state index in [0.29, 0.717) is 12.5 Å². The summed E-state index contributed by atoms with van der Waals surface area (Å²) in [5, 5.41) is 0. The van der Waals surface area contributed by atoms with Crippen LogP contribution in [0.25, 0.3) is 0 Å². The van der Waals surface area contributed by atoms with Gasteiger partial charge < -0.3 is 4.90 Å². The fourth-order valence-electron chi connectivity index (χ4n) is 3.25. The van der Waals surface area contributed by atoms with Crippen LogP contribution in [0, 0.1) is 6.92 Å². The molecule has 2 nitrogen and oxygen atoms in total. The largest absolute Gasteiger partial charge is 0.334 e. The quantitative estimate of drug-likeness (QED) is 0.792. The number of rotatable bonds is 5. The van der Waals surface area contributed by atoms with Crippen molar-refractivity contribution in [3.05, 3.63) is 57.8 Å². The van der Waals surface area contributed by atoms with Crippen LogP contribution in [-0.4, -0.2) is 16.8 Å². The molecule has 0 aliphatic heterocycles. The van der Waals surface area contributed by atoms with Gasteiger partial charge in [-0.25, -0.2) is 0 Å². The second-order valence-electron chi connectivity index (χ2n) is 6.13. The van der Waals surface area contributed by atoms with Gasteiger partial charge in [-0.2, -0.15) is 0 Å². The number of hydrogen-bond donors (Lipinski definition) is 0. The molecule has 0 saturated heterocycles. The average Bonchev–Trinajstić information content (AvgIpc) is 3.17. The first-order valence-electron chi connectivity index (χ1n) is 8.11. The Morgan fingerprint density at radius 1 is 1.14 bits per heavy atom. The lowest BCUT2D eigenvalue weighted by Gasteiger charge is -2.29. The Balaban J connectivity index is 1.73. The van der Waals surface area contributed by atoms with Crippen molar-refractivity contribution in [3.63, 3.8) is 0 Å². The van der Waals surface area contributed by atoms with Gasteiger partial charge in [-0.05, 0) is 37.5 Å². The molecular weight excluding hydrogens is 290 g/mol. The predicted octanol–water partition coefficient (Wildman–Crippen LogP) is 4.57. The van der Waals surface area contributed by atoms with Crippen molar-refractivity contribution in [1.29, 1.82) is 0 Å². The van der Waals surface area contributed by atoms with Crippen LogP contribution in [-0.2, 0) is 17.8 Å². The number of thiophene rings is 1. The van der Waals surface area contributed by atoms with Gasteiger partial charge in [0, 0.05) is 15.8 Å². The standard InChI is InChI=1S/C19H23NOS/c1-15-11-12-18(22-15)14-20(17-9-5-6-10-17)19(21)13-16-7-3-2-4-8-16/h2-4,7-8,11-12,17H,5-6,9-10,13-14H2,1H3. The molecule has 3 heteroatoms. The molecule has 116 valence electrons. The van der Waals surface area contributed by atoms with Crippen LogP contribution in [0.3, 0.4) is 0 Å². The van der Waals surface area contributed by atoms with Gasteiger partial charge in [-0.1, -0.05) is 43.2 Å². The van der Waals surface area contributed by atoms with E-state index in [1.807, 2.05) is 30.3 Å². The molecule has 0 bridgehead atoms. The summed E-state index contributed by atoms with van der Waals surface area (Å²) in [4.78, 5) is 17.6. The normalized spacial score (nSPS) is 15.1. The SMILES string of the molecule is Cc1ccc(CN(C(=O)Cc2ccccc2)C2CCCC2)s1.